The molecule has 8 nitrogen and oxygen atoms in total. The number of pyridine rings is 2. The molecular formula is C20H19FN6O2. The molecule has 148 valence electrons. The van der Waals surface area contributed by atoms with Crippen LogP contribution in [0.2, 0.25) is 0 Å². The van der Waals surface area contributed by atoms with Crippen LogP contribution in [-0.4, -0.2) is 34.4 Å². The Morgan fingerprint density at radius 1 is 1.21 bits per heavy atom. The highest BCUT2D eigenvalue weighted by Gasteiger charge is 2.33. The molecule has 0 aliphatic heterocycles. The van der Waals surface area contributed by atoms with Gasteiger partial charge in [0.2, 0.25) is 5.91 Å². The summed E-state index contributed by atoms with van der Waals surface area (Å²) in [4.78, 5) is 33.4. The molecule has 3 aromatic rings. The maximum absolute atomic E-state index is 14.7. The summed E-state index contributed by atoms with van der Waals surface area (Å²) in [5.41, 5.74) is 12.0. The second-order valence-corrected chi connectivity index (χ2v) is 6.92. The van der Waals surface area contributed by atoms with E-state index >= 15 is 0 Å². The number of amides is 2. The minimum absolute atomic E-state index is 0.0147. The smallest absolute Gasteiger partial charge is 0.252 e. The molecule has 5 N–H and O–H groups in total. The van der Waals surface area contributed by atoms with Crippen molar-refractivity contribution in [2.75, 3.05) is 16.8 Å². The summed E-state index contributed by atoms with van der Waals surface area (Å²) in [6, 6.07) is 10.4. The molecule has 2 amide bonds. The van der Waals surface area contributed by atoms with Crippen molar-refractivity contribution in [2.24, 2.45) is 11.5 Å². The Bertz CT molecular complexity index is 1120. The van der Waals surface area contributed by atoms with Crippen LogP contribution in [0.1, 0.15) is 23.2 Å². The Labute approximate surface area is 165 Å². The molecule has 29 heavy (non-hydrogen) atoms. The monoisotopic (exact) mass is 394 g/mol. The molecule has 0 radical (unpaired) electrons. The van der Waals surface area contributed by atoms with Crippen molar-refractivity contribution in [3.8, 4) is 0 Å². The van der Waals surface area contributed by atoms with E-state index in [2.05, 4.69) is 15.3 Å². The van der Waals surface area contributed by atoms with Crippen LogP contribution in [0.15, 0.2) is 42.6 Å². The number of carbonyl (C=O) groups excluding carboxylic acids is 2. The molecule has 1 saturated carbocycles. The van der Waals surface area contributed by atoms with Crippen LogP contribution in [0.5, 0.6) is 0 Å². The fraction of sp³-hybridized carbons (Fsp3) is 0.200. The summed E-state index contributed by atoms with van der Waals surface area (Å²) in [5.74, 6) is -2.12. The molecule has 2 aromatic heterocycles. The standard InChI is InChI=1S/C20H19FN6O2/c21-15-8-14(18(23)29)19(26-20(15)27(10-17(22)28)13-5-6-13)25-12-7-11-3-1-2-4-16(11)24-9-12/h1-4,7-9,13H,5-6,10H2,(H2,22,28)(H2,23,29)(H,25,26). The molecule has 1 aromatic carbocycles. The van der Waals surface area contributed by atoms with Crippen LogP contribution >= 0.6 is 0 Å². The van der Waals surface area contributed by atoms with Gasteiger partial charge in [0.1, 0.15) is 5.82 Å². The molecular weight excluding hydrogens is 375 g/mol. The Hall–Kier alpha value is -3.75. The van der Waals surface area contributed by atoms with E-state index in [0.29, 0.717) is 5.69 Å². The van der Waals surface area contributed by atoms with Gasteiger partial charge in [-0.2, -0.15) is 0 Å². The SMILES string of the molecule is NC(=O)CN(c1nc(Nc2cnc3ccccc3c2)c(C(N)=O)cc1F)C1CC1. The third-order valence-electron chi connectivity index (χ3n) is 4.66. The third kappa shape index (κ3) is 3.93. The van der Waals surface area contributed by atoms with Gasteiger partial charge in [-0.15, -0.1) is 0 Å². The lowest BCUT2D eigenvalue weighted by molar-refractivity contribution is -0.116. The molecule has 0 saturated heterocycles. The number of hydrogen-bond donors (Lipinski definition) is 3. The molecule has 9 heteroatoms. The van der Waals surface area contributed by atoms with Gasteiger partial charge in [-0.1, -0.05) is 18.2 Å². The number of nitrogens with zero attached hydrogens (tertiary/aromatic N) is 3. The van der Waals surface area contributed by atoms with Crippen molar-refractivity contribution >= 4 is 40.0 Å². The first kappa shape index (κ1) is 18.6. The van der Waals surface area contributed by atoms with E-state index in [1.807, 2.05) is 30.3 Å². The normalized spacial score (nSPS) is 13.3. The second-order valence-electron chi connectivity index (χ2n) is 6.92. The zero-order chi connectivity index (χ0) is 20.5. The molecule has 1 aliphatic rings. The minimum atomic E-state index is -0.827. The number of rotatable bonds is 7. The average molecular weight is 394 g/mol. The number of nitrogens with two attached hydrogens (primary N) is 2. The number of anilines is 3. The van der Waals surface area contributed by atoms with E-state index in [1.165, 1.54) is 4.90 Å². The molecule has 0 atom stereocenters. The van der Waals surface area contributed by atoms with Crippen LogP contribution in [0, 0.1) is 5.82 Å². The Balaban J connectivity index is 1.75. The van der Waals surface area contributed by atoms with E-state index in [9.17, 15) is 14.0 Å². The lowest BCUT2D eigenvalue weighted by Crippen LogP contribution is -2.37. The van der Waals surface area contributed by atoms with Gasteiger partial charge in [0.05, 0.1) is 29.5 Å². The first-order valence-corrected chi connectivity index (χ1v) is 9.09. The highest BCUT2D eigenvalue weighted by Crippen LogP contribution is 2.34. The minimum Gasteiger partial charge on any atom is -0.368 e. The highest BCUT2D eigenvalue weighted by atomic mass is 19.1. The molecule has 0 bridgehead atoms. The molecule has 4 rings (SSSR count). The number of fused-ring (bicyclic) bond motifs is 1. The van der Waals surface area contributed by atoms with E-state index < -0.39 is 17.6 Å². The lowest BCUT2D eigenvalue weighted by Gasteiger charge is -2.23. The van der Waals surface area contributed by atoms with E-state index in [4.69, 9.17) is 11.5 Å². The van der Waals surface area contributed by atoms with Crippen LogP contribution < -0.4 is 21.7 Å². The van der Waals surface area contributed by atoms with Crippen molar-refractivity contribution in [1.82, 2.24) is 9.97 Å². The summed E-state index contributed by atoms with van der Waals surface area (Å²) in [6.07, 6.45) is 3.20. The van der Waals surface area contributed by atoms with Gasteiger partial charge in [0.25, 0.3) is 5.91 Å². The Morgan fingerprint density at radius 3 is 2.66 bits per heavy atom. The number of hydrogen-bond acceptors (Lipinski definition) is 6. The van der Waals surface area contributed by atoms with Crippen LogP contribution in [0.3, 0.4) is 0 Å². The van der Waals surface area contributed by atoms with Gasteiger partial charge in [-0.3, -0.25) is 14.6 Å². The van der Waals surface area contributed by atoms with Gasteiger partial charge in [-0.05, 0) is 31.0 Å². The van der Waals surface area contributed by atoms with Gasteiger partial charge >= 0.3 is 0 Å². The predicted octanol–water partition coefficient (Wildman–Crippen LogP) is 2.07. The summed E-state index contributed by atoms with van der Waals surface area (Å²) in [5, 5.41) is 3.88. The summed E-state index contributed by atoms with van der Waals surface area (Å²) >= 11 is 0. The lowest BCUT2D eigenvalue weighted by atomic mass is 10.2. The van der Waals surface area contributed by atoms with E-state index in [1.54, 1.807) is 6.20 Å². The number of carbonyl (C=O) groups is 2. The molecule has 2 heterocycles. The first-order valence-electron chi connectivity index (χ1n) is 9.09. The molecule has 0 unspecified atom stereocenters. The largest absolute Gasteiger partial charge is 0.368 e. The van der Waals surface area contributed by atoms with Crippen molar-refractivity contribution < 1.29 is 14.0 Å². The number of benzene rings is 1. The van der Waals surface area contributed by atoms with Crippen LogP contribution in [-0.2, 0) is 4.79 Å². The maximum Gasteiger partial charge on any atom is 0.252 e. The number of aromatic nitrogens is 2. The molecule has 0 spiro atoms. The van der Waals surface area contributed by atoms with Crippen molar-refractivity contribution in [2.45, 2.75) is 18.9 Å². The predicted molar refractivity (Wildman–Crippen MR) is 107 cm³/mol. The second kappa shape index (κ2) is 7.34. The number of primary amides is 2. The van der Waals surface area contributed by atoms with Crippen molar-refractivity contribution in [3.63, 3.8) is 0 Å². The molecule has 1 aliphatic carbocycles. The summed E-state index contributed by atoms with van der Waals surface area (Å²) < 4.78 is 14.7. The topological polar surface area (TPSA) is 127 Å². The van der Waals surface area contributed by atoms with E-state index in [-0.39, 0.29) is 29.8 Å². The van der Waals surface area contributed by atoms with Gasteiger partial charge in [0, 0.05) is 11.4 Å². The van der Waals surface area contributed by atoms with Gasteiger partial charge < -0.3 is 21.7 Å². The Kier molecular flexibility index (Phi) is 4.71. The zero-order valence-corrected chi connectivity index (χ0v) is 15.4. The fourth-order valence-corrected chi connectivity index (χ4v) is 3.17. The quantitative estimate of drug-likeness (QED) is 0.563. The summed E-state index contributed by atoms with van der Waals surface area (Å²) in [6.45, 7) is -0.165. The third-order valence-corrected chi connectivity index (χ3v) is 4.66. The van der Waals surface area contributed by atoms with Gasteiger partial charge in [-0.25, -0.2) is 9.37 Å². The number of nitrogens with one attached hydrogen (secondary N) is 1. The fourth-order valence-electron chi connectivity index (χ4n) is 3.17. The van der Waals surface area contributed by atoms with Gasteiger partial charge in [0.15, 0.2) is 11.6 Å². The van der Waals surface area contributed by atoms with Crippen molar-refractivity contribution in [1.29, 1.82) is 0 Å². The van der Waals surface area contributed by atoms with Crippen molar-refractivity contribution in [3.05, 3.63) is 54.0 Å². The maximum atomic E-state index is 14.7. The van der Waals surface area contributed by atoms with Crippen LogP contribution in [0.4, 0.5) is 21.7 Å². The Morgan fingerprint density at radius 2 is 1.97 bits per heavy atom. The van der Waals surface area contributed by atoms with Crippen LogP contribution in [0.25, 0.3) is 10.9 Å². The highest BCUT2D eigenvalue weighted by molar-refractivity contribution is 5.99. The number of halogens is 1. The molecule has 1 fully saturated rings. The average Bonchev–Trinajstić information content (AvgIpc) is 3.52. The summed E-state index contributed by atoms with van der Waals surface area (Å²) in [7, 11) is 0. The number of para-hydroxylation sites is 1. The first-order chi connectivity index (χ1) is 13.9. The van der Waals surface area contributed by atoms with E-state index in [0.717, 1.165) is 29.8 Å². The zero-order valence-electron chi connectivity index (χ0n) is 15.4.